The first-order chi connectivity index (χ1) is 13.7. The highest BCUT2D eigenvalue weighted by molar-refractivity contribution is 7.91. The summed E-state index contributed by atoms with van der Waals surface area (Å²) in [5.74, 6) is -0.980. The number of rotatable bonds is 6. The summed E-state index contributed by atoms with van der Waals surface area (Å²) in [5, 5.41) is 0. The summed E-state index contributed by atoms with van der Waals surface area (Å²) in [7, 11) is -3.17. The number of carbonyl (C=O) groups is 2. The van der Waals surface area contributed by atoms with Crippen LogP contribution < -0.4 is 4.90 Å². The van der Waals surface area contributed by atoms with E-state index >= 15 is 0 Å². The Hall–Kier alpha value is -2.67. The number of carbonyl (C=O) groups excluding carboxylic acids is 2. The quantitative estimate of drug-likeness (QED) is 0.678. The van der Waals surface area contributed by atoms with Crippen molar-refractivity contribution in [2.24, 2.45) is 0 Å². The van der Waals surface area contributed by atoms with Gasteiger partial charge in [0.1, 0.15) is 0 Å². The molecule has 0 radical (unpaired) electrons. The number of amides is 1. The zero-order valence-corrected chi connectivity index (χ0v) is 17.4. The molecule has 0 unspecified atom stereocenters. The summed E-state index contributed by atoms with van der Waals surface area (Å²) in [4.78, 5) is 27.1. The smallest absolute Gasteiger partial charge is 0.316 e. The molecule has 6 nitrogen and oxygen atoms in total. The van der Waals surface area contributed by atoms with Crippen LogP contribution in [0.4, 0.5) is 5.69 Å². The van der Waals surface area contributed by atoms with Crippen molar-refractivity contribution in [3.8, 4) is 0 Å². The van der Waals surface area contributed by atoms with Crippen molar-refractivity contribution in [1.82, 2.24) is 0 Å². The summed E-state index contributed by atoms with van der Waals surface area (Å²) >= 11 is 0. The van der Waals surface area contributed by atoms with E-state index in [9.17, 15) is 18.0 Å². The summed E-state index contributed by atoms with van der Waals surface area (Å²) in [6.45, 7) is 3.04. The molecule has 0 aromatic heterocycles. The lowest BCUT2D eigenvalue weighted by Crippen LogP contribution is -2.44. The number of nitrogens with zero attached hydrogens (tertiary/aromatic N) is 1. The fraction of sp³-hybridized carbons (Fsp3) is 0.364. The Bertz CT molecular complexity index is 971. The van der Waals surface area contributed by atoms with E-state index in [-0.39, 0.29) is 11.5 Å². The van der Waals surface area contributed by atoms with Crippen LogP contribution in [0.1, 0.15) is 25.8 Å². The second kappa shape index (κ2) is 8.37. The van der Waals surface area contributed by atoms with Gasteiger partial charge in [0.25, 0.3) is 5.91 Å². The van der Waals surface area contributed by atoms with Gasteiger partial charge in [-0.1, -0.05) is 48.5 Å². The topological polar surface area (TPSA) is 80.8 Å². The molecule has 0 saturated carbocycles. The van der Waals surface area contributed by atoms with E-state index in [1.54, 1.807) is 38.1 Å². The molecule has 0 spiro atoms. The lowest BCUT2D eigenvalue weighted by molar-refractivity contribution is -0.152. The lowest BCUT2D eigenvalue weighted by Gasteiger charge is -2.29. The Kier molecular flexibility index (Phi) is 6.07. The summed E-state index contributed by atoms with van der Waals surface area (Å²) in [6.07, 6.45) is 0.367. The third-order valence-corrected chi connectivity index (χ3v) is 6.96. The molecule has 1 fully saturated rings. The van der Waals surface area contributed by atoms with Gasteiger partial charge in [-0.15, -0.1) is 0 Å². The van der Waals surface area contributed by atoms with Gasteiger partial charge in [0.05, 0.1) is 23.0 Å². The van der Waals surface area contributed by atoms with Crippen LogP contribution in [-0.4, -0.2) is 44.4 Å². The predicted molar refractivity (Wildman–Crippen MR) is 111 cm³/mol. The third kappa shape index (κ3) is 4.85. The Morgan fingerprint density at radius 3 is 2.17 bits per heavy atom. The number of sulfone groups is 1. The molecule has 7 heteroatoms. The molecule has 29 heavy (non-hydrogen) atoms. The minimum atomic E-state index is -3.17. The molecule has 1 amide bonds. The van der Waals surface area contributed by atoms with Gasteiger partial charge in [-0.3, -0.25) is 9.59 Å². The van der Waals surface area contributed by atoms with E-state index in [2.05, 4.69) is 0 Å². The highest BCUT2D eigenvalue weighted by Crippen LogP contribution is 2.26. The fourth-order valence-corrected chi connectivity index (χ4v) is 5.18. The van der Waals surface area contributed by atoms with Gasteiger partial charge in [-0.05, 0) is 38.0 Å². The number of ether oxygens (including phenoxy) is 1. The van der Waals surface area contributed by atoms with Gasteiger partial charge in [0.15, 0.2) is 16.4 Å². The molecule has 1 aliphatic heterocycles. The standard InChI is InChI=1S/C22H25NO5S/c1-22(2,17-9-5-3-6-10-17)21(25)28-15-20(24)23(18-11-7-4-8-12-18)19-13-14-29(26,27)16-19/h3-12,19H,13-16H2,1-2H3/t19-/m0/s1. The number of anilines is 1. The first kappa shape index (κ1) is 21.0. The summed E-state index contributed by atoms with van der Waals surface area (Å²) < 4.78 is 29.2. The average molecular weight is 416 g/mol. The molecular formula is C22H25NO5S. The van der Waals surface area contributed by atoms with E-state index in [0.29, 0.717) is 12.1 Å². The van der Waals surface area contributed by atoms with Crippen LogP contribution in [0, 0.1) is 0 Å². The summed E-state index contributed by atoms with van der Waals surface area (Å²) in [5.41, 5.74) is 0.479. The number of esters is 1. The van der Waals surface area contributed by atoms with Gasteiger partial charge < -0.3 is 9.64 Å². The molecule has 2 aromatic carbocycles. The molecule has 154 valence electrons. The second-order valence-corrected chi connectivity index (χ2v) is 9.95. The van der Waals surface area contributed by atoms with Crippen molar-refractivity contribution in [2.75, 3.05) is 23.0 Å². The van der Waals surface area contributed by atoms with Crippen LogP contribution in [0.3, 0.4) is 0 Å². The van der Waals surface area contributed by atoms with Gasteiger partial charge in [-0.2, -0.15) is 0 Å². The number of hydrogen-bond acceptors (Lipinski definition) is 5. The van der Waals surface area contributed by atoms with Crippen LogP contribution in [0.5, 0.6) is 0 Å². The van der Waals surface area contributed by atoms with Gasteiger partial charge in [0.2, 0.25) is 0 Å². The van der Waals surface area contributed by atoms with Crippen LogP contribution in [0.15, 0.2) is 60.7 Å². The molecule has 1 saturated heterocycles. The molecule has 1 heterocycles. The third-order valence-electron chi connectivity index (χ3n) is 5.21. The number of para-hydroxylation sites is 1. The van der Waals surface area contributed by atoms with Gasteiger partial charge in [0, 0.05) is 5.69 Å². The SMILES string of the molecule is CC(C)(C(=O)OCC(=O)N(c1ccccc1)[C@H]1CCS(=O)(=O)C1)c1ccccc1. The maximum absolute atomic E-state index is 13.0. The second-order valence-electron chi connectivity index (χ2n) is 7.72. The zero-order chi connectivity index (χ0) is 21.1. The van der Waals surface area contributed by atoms with Gasteiger partial charge >= 0.3 is 5.97 Å². The molecule has 2 aromatic rings. The highest BCUT2D eigenvalue weighted by atomic mass is 32.2. The van der Waals surface area contributed by atoms with E-state index < -0.39 is 39.8 Å². The van der Waals surface area contributed by atoms with Crippen molar-refractivity contribution < 1.29 is 22.7 Å². The highest BCUT2D eigenvalue weighted by Gasteiger charge is 2.37. The molecule has 0 N–H and O–H groups in total. The van der Waals surface area contributed by atoms with Crippen LogP contribution in [0.25, 0.3) is 0 Å². The summed E-state index contributed by atoms with van der Waals surface area (Å²) in [6, 6.07) is 17.6. The van der Waals surface area contributed by atoms with Crippen molar-refractivity contribution in [2.45, 2.75) is 31.7 Å². The van der Waals surface area contributed by atoms with Crippen molar-refractivity contribution in [3.63, 3.8) is 0 Å². The van der Waals surface area contributed by atoms with Crippen LogP contribution in [-0.2, 0) is 29.6 Å². The molecule has 3 rings (SSSR count). The maximum Gasteiger partial charge on any atom is 0.316 e. The first-order valence-electron chi connectivity index (χ1n) is 9.51. The molecule has 1 atom stereocenters. The molecular weight excluding hydrogens is 390 g/mol. The molecule has 1 aliphatic rings. The van der Waals surface area contributed by atoms with E-state index in [1.807, 2.05) is 36.4 Å². The number of benzene rings is 2. The van der Waals surface area contributed by atoms with E-state index in [0.717, 1.165) is 5.56 Å². The Labute approximate surface area is 171 Å². The lowest BCUT2D eigenvalue weighted by atomic mass is 9.85. The monoisotopic (exact) mass is 415 g/mol. The first-order valence-corrected chi connectivity index (χ1v) is 11.3. The predicted octanol–water partition coefficient (Wildman–Crippen LogP) is 2.73. The van der Waals surface area contributed by atoms with Crippen LogP contribution >= 0.6 is 0 Å². The van der Waals surface area contributed by atoms with Gasteiger partial charge in [-0.25, -0.2) is 8.42 Å². The molecule has 0 aliphatic carbocycles. The minimum Gasteiger partial charge on any atom is -0.455 e. The number of hydrogen-bond donors (Lipinski definition) is 0. The minimum absolute atomic E-state index is 0.0507. The van der Waals surface area contributed by atoms with Crippen molar-refractivity contribution in [1.29, 1.82) is 0 Å². The van der Waals surface area contributed by atoms with E-state index in [4.69, 9.17) is 4.74 Å². The van der Waals surface area contributed by atoms with Crippen molar-refractivity contribution in [3.05, 3.63) is 66.2 Å². The normalized spacial score (nSPS) is 18.2. The zero-order valence-electron chi connectivity index (χ0n) is 16.6. The Morgan fingerprint density at radius 1 is 1.03 bits per heavy atom. The van der Waals surface area contributed by atoms with E-state index in [1.165, 1.54) is 4.90 Å². The van der Waals surface area contributed by atoms with Crippen LogP contribution in [0.2, 0.25) is 0 Å². The largest absolute Gasteiger partial charge is 0.455 e. The fourth-order valence-electron chi connectivity index (χ4n) is 3.48. The molecule has 0 bridgehead atoms. The average Bonchev–Trinajstić information content (AvgIpc) is 3.07. The Balaban J connectivity index is 1.74. The maximum atomic E-state index is 13.0. The Morgan fingerprint density at radius 2 is 1.62 bits per heavy atom. The van der Waals surface area contributed by atoms with Crippen molar-refractivity contribution >= 4 is 27.4 Å².